The molecule has 2 heteroatoms. The normalized spacial score (nSPS) is 12.1. The molecule has 0 aliphatic rings. The number of rotatable bonds is 4. The molecule has 0 bridgehead atoms. The molecule has 0 unspecified atom stereocenters. The molecule has 0 atom stereocenters. The number of hydrogen-bond donors (Lipinski definition) is 0. The molecular formula is C52H31NO. The molecule has 1 aromatic heterocycles. The van der Waals surface area contributed by atoms with Crippen molar-refractivity contribution in [2.75, 3.05) is 4.90 Å². The van der Waals surface area contributed by atoms with Gasteiger partial charge in [0.1, 0.15) is 11.2 Å². The molecule has 2 nitrogen and oxygen atoms in total. The summed E-state index contributed by atoms with van der Waals surface area (Å²) in [4.78, 5) is 2.43. The molecule has 0 radical (unpaired) electrons. The third kappa shape index (κ3) is 4.17. The maximum absolute atomic E-state index is 6.47. The minimum atomic E-state index is 0.874. The highest BCUT2D eigenvalue weighted by molar-refractivity contribution is 6.37. The van der Waals surface area contributed by atoms with E-state index in [1.165, 1.54) is 75.8 Å². The topological polar surface area (TPSA) is 16.4 Å². The first kappa shape index (κ1) is 29.4. The highest BCUT2D eigenvalue weighted by atomic mass is 16.3. The van der Waals surface area contributed by atoms with Crippen LogP contribution in [0.15, 0.2) is 192 Å². The van der Waals surface area contributed by atoms with Crippen LogP contribution in [-0.4, -0.2) is 0 Å². The molecule has 0 saturated heterocycles. The predicted molar refractivity (Wildman–Crippen MR) is 230 cm³/mol. The molecule has 250 valence electrons. The van der Waals surface area contributed by atoms with E-state index in [1.54, 1.807) is 0 Å². The summed E-state index contributed by atoms with van der Waals surface area (Å²) in [6, 6.07) is 68.8. The van der Waals surface area contributed by atoms with Crippen molar-refractivity contribution in [1.82, 2.24) is 0 Å². The van der Waals surface area contributed by atoms with E-state index in [0.29, 0.717) is 0 Å². The monoisotopic (exact) mass is 685 g/mol. The van der Waals surface area contributed by atoms with Crippen LogP contribution >= 0.6 is 0 Å². The molecule has 0 aliphatic carbocycles. The second kappa shape index (κ2) is 11.2. The molecule has 12 rings (SSSR count). The molecule has 54 heavy (non-hydrogen) atoms. The molecule has 0 fully saturated rings. The van der Waals surface area contributed by atoms with Crippen molar-refractivity contribution in [1.29, 1.82) is 0 Å². The van der Waals surface area contributed by atoms with Crippen LogP contribution < -0.4 is 4.90 Å². The Morgan fingerprint density at radius 3 is 1.50 bits per heavy atom. The summed E-state index contributed by atoms with van der Waals surface area (Å²) in [5.41, 5.74) is 7.40. The van der Waals surface area contributed by atoms with E-state index >= 15 is 0 Å². The van der Waals surface area contributed by atoms with E-state index in [1.807, 2.05) is 6.07 Å². The second-order valence-electron chi connectivity index (χ2n) is 14.4. The van der Waals surface area contributed by atoms with E-state index in [0.717, 1.165) is 39.0 Å². The van der Waals surface area contributed by atoms with Crippen LogP contribution in [0.2, 0.25) is 0 Å². The van der Waals surface area contributed by atoms with Crippen molar-refractivity contribution < 1.29 is 4.42 Å². The Balaban J connectivity index is 1.24. The van der Waals surface area contributed by atoms with E-state index < -0.39 is 0 Å². The zero-order valence-corrected chi connectivity index (χ0v) is 29.3. The maximum Gasteiger partial charge on any atom is 0.137 e. The van der Waals surface area contributed by atoms with E-state index in [2.05, 4.69) is 187 Å². The number of furan rings is 1. The van der Waals surface area contributed by atoms with Gasteiger partial charge in [0, 0.05) is 16.8 Å². The van der Waals surface area contributed by atoms with Gasteiger partial charge in [0.25, 0.3) is 0 Å². The van der Waals surface area contributed by atoms with E-state index in [4.69, 9.17) is 4.42 Å². The van der Waals surface area contributed by atoms with Gasteiger partial charge in [0.15, 0.2) is 0 Å². The average molecular weight is 686 g/mol. The quantitative estimate of drug-likeness (QED) is 0.172. The fraction of sp³-hybridized carbons (Fsp3) is 0. The largest absolute Gasteiger partial charge is 0.456 e. The summed E-state index contributed by atoms with van der Waals surface area (Å²) >= 11 is 0. The summed E-state index contributed by atoms with van der Waals surface area (Å²) in [6.07, 6.45) is 0. The first-order valence-electron chi connectivity index (χ1n) is 18.6. The SMILES string of the molecule is c1ccc(-c2ccc(N(c3cc4ccc5cccc6c7cccc8ccc9cccc(c(c3)c4c56)c9c87)c3cccc4oc5ccccc5c34)cc2)cc1. The van der Waals surface area contributed by atoms with Crippen molar-refractivity contribution in [3.05, 3.63) is 188 Å². The molecule has 0 N–H and O–H groups in total. The maximum atomic E-state index is 6.47. The third-order valence-corrected chi connectivity index (χ3v) is 11.5. The Kier molecular flexibility index (Phi) is 6.09. The van der Waals surface area contributed by atoms with Gasteiger partial charge in [-0.3, -0.25) is 0 Å². The van der Waals surface area contributed by atoms with Crippen molar-refractivity contribution >= 4 is 104 Å². The Bertz CT molecular complexity index is 3430. The fourth-order valence-electron chi connectivity index (χ4n) is 9.20. The van der Waals surface area contributed by atoms with Crippen LogP contribution in [0.3, 0.4) is 0 Å². The van der Waals surface area contributed by atoms with Gasteiger partial charge in [-0.05, 0) is 118 Å². The average Bonchev–Trinajstić information content (AvgIpc) is 3.62. The number of benzene rings is 10. The van der Waals surface area contributed by atoms with Gasteiger partial charge in [-0.1, -0.05) is 146 Å². The number of anilines is 3. The fourth-order valence-corrected chi connectivity index (χ4v) is 9.20. The van der Waals surface area contributed by atoms with Crippen LogP contribution in [0.4, 0.5) is 17.1 Å². The van der Waals surface area contributed by atoms with Gasteiger partial charge in [-0.15, -0.1) is 0 Å². The Morgan fingerprint density at radius 2 is 0.815 bits per heavy atom. The number of hydrogen-bond acceptors (Lipinski definition) is 2. The van der Waals surface area contributed by atoms with Crippen molar-refractivity contribution in [3.63, 3.8) is 0 Å². The third-order valence-electron chi connectivity index (χ3n) is 11.5. The lowest BCUT2D eigenvalue weighted by atomic mass is 9.87. The molecule has 11 aromatic carbocycles. The van der Waals surface area contributed by atoms with Crippen LogP contribution in [0, 0.1) is 0 Å². The van der Waals surface area contributed by atoms with Crippen LogP contribution in [0.5, 0.6) is 0 Å². The minimum absolute atomic E-state index is 0.874. The molecule has 1 heterocycles. The summed E-state index contributed by atoms with van der Waals surface area (Å²) < 4.78 is 6.47. The predicted octanol–water partition coefficient (Wildman–Crippen LogP) is 15.1. The lowest BCUT2D eigenvalue weighted by molar-refractivity contribution is 0.669. The zero-order chi connectivity index (χ0) is 35.3. The lowest BCUT2D eigenvalue weighted by Gasteiger charge is -2.27. The molecule has 0 spiro atoms. The van der Waals surface area contributed by atoms with Crippen molar-refractivity contribution in [2.45, 2.75) is 0 Å². The van der Waals surface area contributed by atoms with Gasteiger partial charge in [-0.25, -0.2) is 0 Å². The van der Waals surface area contributed by atoms with Crippen molar-refractivity contribution in [3.8, 4) is 11.1 Å². The number of fused-ring (bicyclic) bond motifs is 5. The first-order valence-corrected chi connectivity index (χ1v) is 18.6. The summed E-state index contributed by atoms with van der Waals surface area (Å²) in [5.74, 6) is 0. The van der Waals surface area contributed by atoms with Gasteiger partial charge in [0.2, 0.25) is 0 Å². The second-order valence-corrected chi connectivity index (χ2v) is 14.4. The highest BCUT2D eigenvalue weighted by Gasteiger charge is 2.22. The Labute approximate surface area is 311 Å². The molecule has 12 aromatic rings. The number of para-hydroxylation sites is 1. The summed E-state index contributed by atoms with van der Waals surface area (Å²) in [5, 5.41) is 17.4. The van der Waals surface area contributed by atoms with Gasteiger partial charge >= 0.3 is 0 Å². The molecule has 0 saturated carbocycles. The van der Waals surface area contributed by atoms with Gasteiger partial charge < -0.3 is 9.32 Å². The molecular weight excluding hydrogens is 655 g/mol. The Morgan fingerprint density at radius 1 is 0.296 bits per heavy atom. The van der Waals surface area contributed by atoms with Gasteiger partial charge in [0.05, 0.1) is 11.1 Å². The molecule has 0 aliphatic heterocycles. The standard InChI is InChI=1S/C52H31NO/c1-2-10-32(11-3-1)33-26-28-38(29-27-33)53(45-19-9-21-47-52(45)43-15-4-5-20-46(43)54-47)39-30-37-25-24-36-13-7-17-41-40-16-6-12-34-22-23-35-14-8-18-42(50(35)48(34)40)44(31-39)51(37)49(36)41/h1-31H. The van der Waals surface area contributed by atoms with Crippen LogP contribution in [0.25, 0.3) is 97.7 Å². The Hall–Kier alpha value is -7.16. The van der Waals surface area contributed by atoms with E-state index in [-0.39, 0.29) is 0 Å². The highest BCUT2D eigenvalue weighted by Crippen LogP contribution is 2.48. The minimum Gasteiger partial charge on any atom is -0.456 e. The summed E-state index contributed by atoms with van der Waals surface area (Å²) in [6.45, 7) is 0. The number of nitrogens with zero attached hydrogens (tertiary/aromatic N) is 1. The lowest BCUT2D eigenvalue weighted by Crippen LogP contribution is -2.10. The van der Waals surface area contributed by atoms with Gasteiger partial charge in [-0.2, -0.15) is 0 Å². The van der Waals surface area contributed by atoms with Crippen molar-refractivity contribution in [2.24, 2.45) is 0 Å². The summed E-state index contributed by atoms with van der Waals surface area (Å²) in [7, 11) is 0. The molecule has 0 amide bonds. The van der Waals surface area contributed by atoms with Crippen LogP contribution in [-0.2, 0) is 0 Å². The van der Waals surface area contributed by atoms with E-state index in [9.17, 15) is 0 Å². The smallest absolute Gasteiger partial charge is 0.137 e. The van der Waals surface area contributed by atoms with Crippen LogP contribution in [0.1, 0.15) is 0 Å². The first-order chi connectivity index (χ1) is 26.8. The zero-order valence-electron chi connectivity index (χ0n) is 29.3.